The molecule has 40 heavy (non-hydrogen) atoms. The Bertz CT molecular complexity index is 1670. The van der Waals surface area contributed by atoms with Gasteiger partial charge >= 0.3 is 5.97 Å². The molecule has 0 saturated heterocycles. The molecule has 1 unspecified atom stereocenters. The van der Waals surface area contributed by atoms with Gasteiger partial charge in [0.1, 0.15) is 16.5 Å². The number of sulfonamides is 1. The second-order valence-electron chi connectivity index (χ2n) is 9.59. The van der Waals surface area contributed by atoms with Crippen molar-refractivity contribution in [3.05, 3.63) is 62.4 Å². The fraction of sp³-hybridized carbons (Fsp3) is 0.407. The van der Waals surface area contributed by atoms with E-state index in [-0.39, 0.29) is 48.3 Å². The molecule has 0 bridgehead atoms. The summed E-state index contributed by atoms with van der Waals surface area (Å²) < 4.78 is 41.9. The van der Waals surface area contributed by atoms with Gasteiger partial charge < -0.3 is 9.47 Å². The number of halogens is 1. The first kappa shape index (κ1) is 28.5. The van der Waals surface area contributed by atoms with E-state index in [4.69, 9.17) is 21.1 Å². The molecule has 2 atom stereocenters. The lowest BCUT2D eigenvalue weighted by Gasteiger charge is -2.22. The SMILES string of the molecule is CC[C@@H]1CN(Cc2cc(C(CC(=O)OC)c3ccc4c(nnn4CC)c3C)sc2Cl)S(=O)(=O)c2cccnc2O1. The van der Waals surface area contributed by atoms with Crippen molar-refractivity contribution in [1.82, 2.24) is 24.3 Å². The van der Waals surface area contributed by atoms with Crippen LogP contribution in [0.4, 0.5) is 0 Å². The monoisotopic (exact) mass is 603 g/mol. The summed E-state index contributed by atoms with van der Waals surface area (Å²) in [6.07, 6.45) is 1.85. The number of nitrogens with zero attached hydrogens (tertiary/aromatic N) is 5. The molecule has 0 N–H and O–H groups in total. The van der Waals surface area contributed by atoms with Gasteiger partial charge in [-0.05, 0) is 61.2 Å². The van der Waals surface area contributed by atoms with Gasteiger partial charge in [-0.25, -0.2) is 18.1 Å². The molecule has 0 amide bonds. The minimum atomic E-state index is -3.89. The number of aryl methyl sites for hydroxylation is 2. The van der Waals surface area contributed by atoms with Gasteiger partial charge in [-0.15, -0.1) is 16.4 Å². The molecule has 0 saturated carbocycles. The highest BCUT2D eigenvalue weighted by Crippen LogP contribution is 2.41. The molecule has 10 nitrogen and oxygen atoms in total. The number of ether oxygens (including phenoxy) is 2. The average Bonchev–Trinajstić information content (AvgIpc) is 3.51. The summed E-state index contributed by atoms with van der Waals surface area (Å²) in [6.45, 7) is 6.81. The van der Waals surface area contributed by atoms with Gasteiger partial charge in [0.2, 0.25) is 15.9 Å². The van der Waals surface area contributed by atoms with Crippen LogP contribution in [-0.4, -0.2) is 58.4 Å². The number of pyridine rings is 1. The van der Waals surface area contributed by atoms with Gasteiger partial charge in [0.25, 0.3) is 0 Å². The highest BCUT2D eigenvalue weighted by Gasteiger charge is 2.36. The van der Waals surface area contributed by atoms with Crippen LogP contribution >= 0.6 is 22.9 Å². The maximum absolute atomic E-state index is 13.6. The molecular weight excluding hydrogens is 574 g/mol. The first-order valence-electron chi connectivity index (χ1n) is 13.0. The number of rotatable bonds is 8. The lowest BCUT2D eigenvalue weighted by Crippen LogP contribution is -2.36. The molecule has 1 aromatic carbocycles. The number of aromatic nitrogens is 4. The lowest BCUT2D eigenvalue weighted by molar-refractivity contribution is -0.140. The molecule has 0 fully saturated rings. The number of benzene rings is 1. The van der Waals surface area contributed by atoms with E-state index in [0.717, 1.165) is 27.0 Å². The first-order chi connectivity index (χ1) is 19.2. The Morgan fingerprint density at radius 3 is 2.83 bits per heavy atom. The largest absolute Gasteiger partial charge is 0.472 e. The summed E-state index contributed by atoms with van der Waals surface area (Å²) in [4.78, 5) is 17.5. The Morgan fingerprint density at radius 1 is 1.30 bits per heavy atom. The summed E-state index contributed by atoms with van der Waals surface area (Å²) >= 11 is 8.07. The van der Waals surface area contributed by atoms with Crippen LogP contribution in [0, 0.1) is 6.92 Å². The van der Waals surface area contributed by atoms with Crippen molar-refractivity contribution < 1.29 is 22.7 Å². The summed E-state index contributed by atoms with van der Waals surface area (Å²) in [5, 5.41) is 8.61. The second kappa shape index (κ2) is 11.4. The minimum Gasteiger partial charge on any atom is -0.472 e. The van der Waals surface area contributed by atoms with Crippen LogP contribution in [-0.2, 0) is 32.6 Å². The fourth-order valence-corrected chi connectivity index (χ4v) is 7.91. The van der Waals surface area contributed by atoms with Crippen LogP contribution in [0.2, 0.25) is 4.34 Å². The number of esters is 1. The first-order valence-corrected chi connectivity index (χ1v) is 15.6. The Labute approximate surface area is 241 Å². The Balaban J connectivity index is 1.53. The van der Waals surface area contributed by atoms with Crippen molar-refractivity contribution in [3.8, 4) is 5.88 Å². The molecule has 4 heterocycles. The van der Waals surface area contributed by atoms with E-state index in [1.165, 1.54) is 35.0 Å². The average molecular weight is 604 g/mol. The van der Waals surface area contributed by atoms with E-state index in [1.54, 1.807) is 6.07 Å². The van der Waals surface area contributed by atoms with E-state index in [1.807, 2.05) is 43.7 Å². The van der Waals surface area contributed by atoms with Gasteiger partial charge in [0, 0.05) is 30.1 Å². The summed E-state index contributed by atoms with van der Waals surface area (Å²) in [5.74, 6) is -0.620. The zero-order chi connectivity index (χ0) is 28.6. The molecule has 1 aliphatic rings. The van der Waals surface area contributed by atoms with Gasteiger partial charge in [-0.3, -0.25) is 4.79 Å². The number of methoxy groups -OCH3 is 1. The Morgan fingerprint density at radius 2 is 2.10 bits per heavy atom. The third-order valence-corrected chi connectivity index (χ3v) is 10.6. The van der Waals surface area contributed by atoms with Crippen LogP contribution in [0.1, 0.15) is 54.2 Å². The van der Waals surface area contributed by atoms with Crippen molar-refractivity contribution >= 4 is 50.0 Å². The Hall–Kier alpha value is -3.06. The lowest BCUT2D eigenvalue weighted by atomic mass is 9.89. The highest BCUT2D eigenvalue weighted by molar-refractivity contribution is 7.89. The van der Waals surface area contributed by atoms with Crippen LogP contribution in [0.5, 0.6) is 5.88 Å². The van der Waals surface area contributed by atoms with Crippen LogP contribution < -0.4 is 4.74 Å². The number of fused-ring (bicyclic) bond motifs is 2. The van der Waals surface area contributed by atoms with Crippen molar-refractivity contribution in [2.45, 2.75) is 63.6 Å². The molecule has 212 valence electrons. The van der Waals surface area contributed by atoms with Crippen molar-refractivity contribution in [1.29, 1.82) is 0 Å². The van der Waals surface area contributed by atoms with Gasteiger partial charge in [-0.2, -0.15) is 4.31 Å². The summed E-state index contributed by atoms with van der Waals surface area (Å²) in [7, 11) is -2.54. The normalized spacial score (nSPS) is 17.7. The van der Waals surface area contributed by atoms with Crippen molar-refractivity contribution in [2.75, 3.05) is 13.7 Å². The molecule has 13 heteroatoms. The predicted octanol–water partition coefficient (Wildman–Crippen LogP) is 4.93. The third-order valence-electron chi connectivity index (χ3n) is 7.22. The molecule has 0 spiro atoms. The van der Waals surface area contributed by atoms with E-state index in [2.05, 4.69) is 15.3 Å². The van der Waals surface area contributed by atoms with Crippen LogP contribution in [0.25, 0.3) is 11.0 Å². The molecule has 0 aliphatic carbocycles. The topological polar surface area (TPSA) is 117 Å². The number of carbonyl (C=O) groups is 1. The predicted molar refractivity (Wildman–Crippen MR) is 152 cm³/mol. The zero-order valence-corrected chi connectivity index (χ0v) is 25.0. The standard InChI is InChI=1S/C27H30ClN5O5S2/c1-5-18-15-32(40(35,36)23-8-7-11-29-27(23)38-18)14-17-12-22(39-26(17)28)20(13-24(34)37-4)19-9-10-21-25(16(19)3)30-31-33(21)6-2/h7-12,18,20H,5-6,13-15H2,1-4H3/t18-,20?/m1/s1. The maximum Gasteiger partial charge on any atom is 0.306 e. The third kappa shape index (κ3) is 5.20. The molecule has 5 rings (SSSR count). The van der Waals surface area contributed by atoms with E-state index < -0.39 is 10.0 Å². The zero-order valence-electron chi connectivity index (χ0n) is 22.6. The number of hydrogen-bond donors (Lipinski definition) is 0. The quantitative estimate of drug-likeness (QED) is 0.260. The Kier molecular flexibility index (Phi) is 8.14. The van der Waals surface area contributed by atoms with E-state index in [9.17, 15) is 13.2 Å². The molecule has 3 aromatic heterocycles. The molecular formula is C27H30ClN5O5S2. The van der Waals surface area contributed by atoms with Gasteiger partial charge in [0.05, 0.1) is 29.9 Å². The minimum absolute atomic E-state index is 0.0325. The van der Waals surface area contributed by atoms with Crippen molar-refractivity contribution in [3.63, 3.8) is 0 Å². The van der Waals surface area contributed by atoms with Crippen LogP contribution in [0.15, 0.2) is 41.4 Å². The fourth-order valence-electron chi connectivity index (χ4n) is 4.99. The second-order valence-corrected chi connectivity index (χ2v) is 13.2. The van der Waals surface area contributed by atoms with Crippen LogP contribution in [0.3, 0.4) is 0 Å². The van der Waals surface area contributed by atoms with E-state index >= 15 is 0 Å². The summed E-state index contributed by atoms with van der Waals surface area (Å²) in [5.41, 5.74) is 4.16. The maximum atomic E-state index is 13.6. The number of thiophene rings is 1. The van der Waals surface area contributed by atoms with Crippen molar-refractivity contribution in [2.24, 2.45) is 0 Å². The smallest absolute Gasteiger partial charge is 0.306 e. The molecule has 0 radical (unpaired) electrons. The number of hydrogen-bond acceptors (Lipinski definition) is 9. The molecule has 4 aromatic rings. The van der Waals surface area contributed by atoms with Gasteiger partial charge in [-0.1, -0.05) is 29.8 Å². The highest BCUT2D eigenvalue weighted by atomic mass is 35.5. The molecule has 1 aliphatic heterocycles. The summed E-state index contributed by atoms with van der Waals surface area (Å²) in [6, 6.07) is 8.92. The number of carbonyl (C=O) groups excluding carboxylic acids is 1. The van der Waals surface area contributed by atoms with Gasteiger partial charge in [0.15, 0.2) is 0 Å². The van der Waals surface area contributed by atoms with E-state index in [0.29, 0.717) is 22.9 Å².